The van der Waals surface area contributed by atoms with Gasteiger partial charge in [0.05, 0.1) is 19.1 Å². The van der Waals surface area contributed by atoms with Crippen LogP contribution in [0, 0.1) is 11.3 Å². The van der Waals surface area contributed by atoms with E-state index in [0.717, 1.165) is 0 Å². The zero-order chi connectivity index (χ0) is 15.9. The third-order valence-electron chi connectivity index (χ3n) is 2.93. The Kier molecular flexibility index (Phi) is 12.5. The molecule has 126 valence electrons. The fraction of sp³-hybridized carbons (Fsp3) is 0.938. The van der Waals surface area contributed by atoms with Crippen molar-refractivity contribution in [1.29, 1.82) is 5.26 Å². The van der Waals surface area contributed by atoms with Gasteiger partial charge in [-0.1, -0.05) is 7.43 Å². The topological polar surface area (TPSA) is 39.5 Å². The summed E-state index contributed by atoms with van der Waals surface area (Å²) < 4.78 is 11.0. The summed E-state index contributed by atoms with van der Waals surface area (Å²) in [5.74, 6) is 0. The molecule has 0 radical (unpaired) electrons. The smallest absolute Gasteiger partial charge is 0.188 e. The van der Waals surface area contributed by atoms with Gasteiger partial charge in [0.2, 0.25) is 0 Å². The first-order valence-corrected chi connectivity index (χ1v) is 8.77. The first-order valence-electron chi connectivity index (χ1n) is 7.60. The normalized spacial score (nSPS) is 12.1. The first kappa shape index (κ1) is 23.1. The lowest BCUT2D eigenvalue weighted by molar-refractivity contribution is 0.189. The molecule has 0 aliphatic heterocycles. The fourth-order valence-corrected chi connectivity index (χ4v) is 4.75. The van der Waals surface area contributed by atoms with Gasteiger partial charge in [-0.05, 0) is 55.4 Å². The van der Waals surface area contributed by atoms with Gasteiger partial charge in [-0.15, -0.1) is 0 Å². The Labute approximate surface area is 134 Å². The standard InChI is InChI=1S/C15H32N3OP.CH4/c1-12(2)17(13(3)4)20(19-11-9-10-16)18(14(5)6)15(7)8;/h12-15H,9,11H2,1-8H3;1H4. The fourth-order valence-electron chi connectivity index (χ4n) is 2.41. The van der Waals surface area contributed by atoms with Gasteiger partial charge in [0.25, 0.3) is 0 Å². The Balaban J connectivity index is 0. The summed E-state index contributed by atoms with van der Waals surface area (Å²) >= 11 is 0. The lowest BCUT2D eigenvalue weighted by Gasteiger charge is -2.45. The molecule has 0 N–H and O–H groups in total. The van der Waals surface area contributed by atoms with E-state index >= 15 is 0 Å². The van der Waals surface area contributed by atoms with Crippen LogP contribution in [0.2, 0.25) is 0 Å². The van der Waals surface area contributed by atoms with Crippen molar-refractivity contribution in [2.75, 3.05) is 6.61 Å². The molecular weight excluding hydrogens is 281 g/mol. The summed E-state index contributed by atoms with van der Waals surface area (Å²) in [4.78, 5) is 0. The lowest BCUT2D eigenvalue weighted by atomic mass is 10.3. The summed E-state index contributed by atoms with van der Waals surface area (Å²) in [5.41, 5.74) is 0. The molecule has 0 amide bonds. The average Bonchev–Trinajstić information content (AvgIpc) is 2.26. The second-order valence-corrected chi connectivity index (χ2v) is 7.82. The van der Waals surface area contributed by atoms with Crippen molar-refractivity contribution in [2.45, 2.75) is 93.4 Å². The average molecular weight is 317 g/mol. The summed E-state index contributed by atoms with van der Waals surface area (Å²) in [6, 6.07) is 3.84. The van der Waals surface area contributed by atoms with Gasteiger partial charge < -0.3 is 4.52 Å². The second-order valence-electron chi connectivity index (χ2n) is 6.13. The van der Waals surface area contributed by atoms with Crippen molar-refractivity contribution < 1.29 is 4.52 Å². The number of rotatable bonds is 9. The van der Waals surface area contributed by atoms with E-state index in [2.05, 4.69) is 70.8 Å². The van der Waals surface area contributed by atoms with E-state index in [0.29, 0.717) is 37.2 Å². The molecule has 0 unspecified atom stereocenters. The van der Waals surface area contributed by atoms with E-state index in [9.17, 15) is 0 Å². The van der Waals surface area contributed by atoms with E-state index in [1.807, 2.05) is 0 Å². The Hall–Kier alpha value is -0.200. The second kappa shape index (κ2) is 11.4. The highest BCUT2D eigenvalue weighted by Crippen LogP contribution is 2.50. The van der Waals surface area contributed by atoms with Gasteiger partial charge in [-0.2, -0.15) is 5.26 Å². The summed E-state index contributed by atoms with van der Waals surface area (Å²) in [6.07, 6.45) is 0.451. The highest BCUT2D eigenvalue weighted by molar-refractivity contribution is 7.47. The van der Waals surface area contributed by atoms with E-state index < -0.39 is 8.45 Å². The molecule has 0 aliphatic carbocycles. The molecule has 21 heavy (non-hydrogen) atoms. The van der Waals surface area contributed by atoms with Gasteiger partial charge in [0.15, 0.2) is 8.45 Å². The van der Waals surface area contributed by atoms with Crippen molar-refractivity contribution in [3.63, 3.8) is 0 Å². The van der Waals surface area contributed by atoms with Gasteiger partial charge >= 0.3 is 0 Å². The maximum Gasteiger partial charge on any atom is 0.188 e. The van der Waals surface area contributed by atoms with Gasteiger partial charge in [-0.3, -0.25) is 0 Å². The predicted octanol–water partition coefficient (Wildman–Crippen LogP) is 5.02. The summed E-state index contributed by atoms with van der Waals surface area (Å²) in [7, 11) is -0.841. The minimum Gasteiger partial charge on any atom is -0.330 e. The highest BCUT2D eigenvalue weighted by Gasteiger charge is 2.34. The van der Waals surface area contributed by atoms with E-state index in [4.69, 9.17) is 9.79 Å². The van der Waals surface area contributed by atoms with E-state index in [1.165, 1.54) is 0 Å². The third kappa shape index (κ3) is 7.56. The summed E-state index contributed by atoms with van der Waals surface area (Å²) in [5, 5.41) is 8.74. The van der Waals surface area contributed by atoms with Crippen molar-refractivity contribution in [1.82, 2.24) is 9.34 Å². The first-order chi connectivity index (χ1) is 9.23. The summed E-state index contributed by atoms with van der Waals surface area (Å²) in [6.45, 7) is 18.2. The molecule has 5 heteroatoms. The molecule has 0 saturated carbocycles. The van der Waals surface area contributed by atoms with Crippen molar-refractivity contribution in [3.05, 3.63) is 0 Å². The van der Waals surface area contributed by atoms with Crippen LogP contribution < -0.4 is 0 Å². The molecule has 0 heterocycles. The number of nitrogens with zero attached hydrogens (tertiary/aromatic N) is 3. The zero-order valence-corrected chi connectivity index (χ0v) is 15.3. The van der Waals surface area contributed by atoms with Crippen LogP contribution in [0.3, 0.4) is 0 Å². The number of hydrogen-bond donors (Lipinski definition) is 0. The minimum atomic E-state index is -0.841. The zero-order valence-electron chi connectivity index (χ0n) is 14.4. The van der Waals surface area contributed by atoms with Crippen molar-refractivity contribution >= 4 is 8.45 Å². The molecule has 0 saturated heterocycles. The molecule has 0 rings (SSSR count). The molecule has 0 aromatic rings. The SMILES string of the molecule is C.CC(C)N(C(C)C)P(OCCC#N)N(C(C)C)C(C)C. The molecule has 0 aromatic carbocycles. The number of nitriles is 1. The molecule has 0 fully saturated rings. The molecule has 0 bridgehead atoms. The molecular formula is C16H36N3OP. The lowest BCUT2D eigenvalue weighted by Crippen LogP contribution is -2.43. The van der Waals surface area contributed by atoms with Gasteiger partial charge in [-0.25, -0.2) is 9.34 Å². The van der Waals surface area contributed by atoms with Crippen LogP contribution in [0.15, 0.2) is 0 Å². The third-order valence-corrected chi connectivity index (χ3v) is 5.98. The van der Waals surface area contributed by atoms with Crippen LogP contribution in [0.25, 0.3) is 0 Å². The monoisotopic (exact) mass is 317 g/mol. The van der Waals surface area contributed by atoms with Crippen molar-refractivity contribution in [2.24, 2.45) is 0 Å². The Morgan fingerprint density at radius 2 is 1.19 bits per heavy atom. The molecule has 0 spiro atoms. The van der Waals surface area contributed by atoms with E-state index in [1.54, 1.807) is 0 Å². The van der Waals surface area contributed by atoms with Crippen LogP contribution in [0.5, 0.6) is 0 Å². The Morgan fingerprint density at radius 3 is 1.43 bits per heavy atom. The van der Waals surface area contributed by atoms with Crippen LogP contribution in [0.1, 0.15) is 69.2 Å². The van der Waals surface area contributed by atoms with Crippen LogP contribution in [-0.2, 0) is 4.52 Å². The van der Waals surface area contributed by atoms with Gasteiger partial charge in [0, 0.05) is 24.2 Å². The van der Waals surface area contributed by atoms with Crippen LogP contribution in [0.4, 0.5) is 0 Å². The quantitative estimate of drug-likeness (QED) is 0.442. The Morgan fingerprint density at radius 1 is 0.857 bits per heavy atom. The Bertz CT molecular complexity index is 264. The molecule has 0 aromatic heterocycles. The molecule has 4 nitrogen and oxygen atoms in total. The maximum absolute atomic E-state index is 8.74. The largest absolute Gasteiger partial charge is 0.330 e. The number of hydrogen-bond acceptors (Lipinski definition) is 4. The van der Waals surface area contributed by atoms with Gasteiger partial charge in [0.1, 0.15) is 0 Å². The molecule has 0 atom stereocenters. The molecule has 0 aliphatic rings. The maximum atomic E-state index is 8.74. The van der Waals surface area contributed by atoms with Crippen molar-refractivity contribution in [3.8, 4) is 6.07 Å². The van der Waals surface area contributed by atoms with Crippen LogP contribution >= 0.6 is 8.45 Å². The van der Waals surface area contributed by atoms with Crippen LogP contribution in [-0.4, -0.2) is 40.1 Å². The van der Waals surface area contributed by atoms with E-state index in [-0.39, 0.29) is 7.43 Å². The predicted molar refractivity (Wildman–Crippen MR) is 94.1 cm³/mol. The minimum absolute atomic E-state index is 0. The highest BCUT2D eigenvalue weighted by atomic mass is 31.2.